The average Bonchev–Trinajstić information content (AvgIpc) is 2.68. The molecule has 0 aliphatic heterocycles. The molecular weight excluding hydrogens is 212 g/mol. The van der Waals surface area contributed by atoms with E-state index < -0.39 is 0 Å². The summed E-state index contributed by atoms with van der Waals surface area (Å²) < 4.78 is 0. The summed E-state index contributed by atoms with van der Waals surface area (Å²) in [5.74, 6) is 0.133. The first kappa shape index (κ1) is 11.9. The Bertz CT molecular complexity index is 540. The summed E-state index contributed by atoms with van der Waals surface area (Å²) in [4.78, 5) is 15.2. The monoisotopic (exact) mass is 230 g/mol. The van der Waals surface area contributed by atoms with Crippen molar-refractivity contribution in [2.45, 2.75) is 26.8 Å². The molecule has 0 saturated carbocycles. The van der Waals surface area contributed by atoms with Gasteiger partial charge in [0.05, 0.1) is 6.54 Å². The normalized spacial score (nSPS) is 11.3. The molecule has 2 N–H and O–H groups in total. The number of fused-ring (bicyclic) bond motifs is 1. The van der Waals surface area contributed by atoms with Crippen LogP contribution < -0.4 is 5.32 Å². The van der Waals surface area contributed by atoms with Gasteiger partial charge in [0.2, 0.25) is 0 Å². The number of aryl methyl sites for hydroxylation is 1. The number of carbonyl (C=O) groups is 1. The van der Waals surface area contributed by atoms with Gasteiger partial charge in [0.25, 0.3) is 0 Å². The maximum Gasteiger partial charge on any atom is 0.178 e. The Labute approximate surface area is 101 Å². The molecule has 90 valence electrons. The molecule has 1 heterocycles. The van der Waals surface area contributed by atoms with E-state index in [1.165, 1.54) is 5.56 Å². The van der Waals surface area contributed by atoms with Gasteiger partial charge in [-0.15, -0.1) is 0 Å². The van der Waals surface area contributed by atoms with Gasteiger partial charge in [-0.2, -0.15) is 0 Å². The molecule has 0 bridgehead atoms. The minimum atomic E-state index is 0.133. The number of rotatable bonds is 4. The Morgan fingerprint density at radius 2 is 2.18 bits per heavy atom. The summed E-state index contributed by atoms with van der Waals surface area (Å²) in [6, 6.07) is 6.42. The number of aromatic nitrogens is 1. The second-order valence-electron chi connectivity index (χ2n) is 4.71. The van der Waals surface area contributed by atoms with Gasteiger partial charge >= 0.3 is 0 Å². The Balaban J connectivity index is 2.27. The van der Waals surface area contributed by atoms with Crippen molar-refractivity contribution in [1.82, 2.24) is 10.3 Å². The van der Waals surface area contributed by atoms with Crippen molar-refractivity contribution in [2.75, 3.05) is 6.54 Å². The van der Waals surface area contributed by atoms with Gasteiger partial charge in [-0.3, -0.25) is 4.79 Å². The number of hydrogen-bond acceptors (Lipinski definition) is 2. The van der Waals surface area contributed by atoms with Crippen LogP contribution in [0.5, 0.6) is 0 Å². The molecule has 0 aliphatic carbocycles. The molecule has 0 amide bonds. The third-order valence-electron chi connectivity index (χ3n) is 2.81. The first-order valence-corrected chi connectivity index (χ1v) is 5.92. The van der Waals surface area contributed by atoms with Crippen LogP contribution >= 0.6 is 0 Å². The van der Waals surface area contributed by atoms with Crippen LogP contribution in [0.3, 0.4) is 0 Å². The average molecular weight is 230 g/mol. The van der Waals surface area contributed by atoms with Gasteiger partial charge < -0.3 is 10.3 Å². The number of carbonyl (C=O) groups excluding carboxylic acids is 1. The Hall–Kier alpha value is -1.61. The van der Waals surface area contributed by atoms with E-state index in [9.17, 15) is 4.79 Å². The van der Waals surface area contributed by atoms with Crippen molar-refractivity contribution >= 4 is 16.7 Å². The van der Waals surface area contributed by atoms with Crippen LogP contribution in [0.2, 0.25) is 0 Å². The Morgan fingerprint density at radius 3 is 2.88 bits per heavy atom. The maximum absolute atomic E-state index is 12.0. The predicted molar refractivity (Wildman–Crippen MR) is 70.5 cm³/mol. The lowest BCUT2D eigenvalue weighted by molar-refractivity contribution is 0.0990. The maximum atomic E-state index is 12.0. The van der Waals surface area contributed by atoms with Gasteiger partial charge in [-0.25, -0.2) is 0 Å². The van der Waals surface area contributed by atoms with Crippen LogP contribution in [-0.4, -0.2) is 23.4 Å². The molecule has 2 rings (SSSR count). The van der Waals surface area contributed by atoms with E-state index in [4.69, 9.17) is 0 Å². The van der Waals surface area contributed by atoms with Gasteiger partial charge in [-0.05, 0) is 18.6 Å². The minimum Gasteiger partial charge on any atom is -0.360 e. The molecule has 0 radical (unpaired) electrons. The van der Waals surface area contributed by atoms with Gasteiger partial charge in [0.1, 0.15) is 0 Å². The summed E-state index contributed by atoms with van der Waals surface area (Å²) in [5, 5.41) is 4.15. The van der Waals surface area contributed by atoms with Crippen LogP contribution in [-0.2, 0) is 0 Å². The highest BCUT2D eigenvalue weighted by atomic mass is 16.1. The Kier molecular flexibility index (Phi) is 3.29. The number of hydrogen-bond donors (Lipinski definition) is 2. The molecule has 2 aromatic rings. The van der Waals surface area contributed by atoms with Crippen LogP contribution in [0.25, 0.3) is 10.9 Å². The van der Waals surface area contributed by atoms with Crippen molar-refractivity contribution in [3.05, 3.63) is 35.5 Å². The summed E-state index contributed by atoms with van der Waals surface area (Å²) in [5.41, 5.74) is 2.99. The quantitative estimate of drug-likeness (QED) is 0.793. The largest absolute Gasteiger partial charge is 0.360 e. The first-order valence-electron chi connectivity index (χ1n) is 5.92. The van der Waals surface area contributed by atoms with Crippen LogP contribution in [0.1, 0.15) is 29.8 Å². The van der Waals surface area contributed by atoms with E-state index in [-0.39, 0.29) is 5.78 Å². The van der Waals surface area contributed by atoms with Crippen molar-refractivity contribution in [3.8, 4) is 0 Å². The van der Waals surface area contributed by atoms with E-state index in [0.717, 1.165) is 16.5 Å². The van der Waals surface area contributed by atoms with Crippen molar-refractivity contribution in [2.24, 2.45) is 0 Å². The zero-order valence-corrected chi connectivity index (χ0v) is 10.5. The highest BCUT2D eigenvalue weighted by Gasteiger charge is 2.11. The zero-order chi connectivity index (χ0) is 12.4. The highest BCUT2D eigenvalue weighted by molar-refractivity contribution is 6.08. The lowest BCUT2D eigenvalue weighted by Gasteiger charge is -2.06. The topological polar surface area (TPSA) is 44.9 Å². The third-order valence-corrected chi connectivity index (χ3v) is 2.81. The van der Waals surface area contributed by atoms with E-state index in [2.05, 4.69) is 16.4 Å². The van der Waals surface area contributed by atoms with Gasteiger partial charge in [-0.1, -0.05) is 26.0 Å². The molecule has 0 atom stereocenters. The fraction of sp³-hybridized carbons (Fsp3) is 0.357. The minimum absolute atomic E-state index is 0.133. The van der Waals surface area contributed by atoms with E-state index in [1.54, 1.807) is 6.20 Å². The van der Waals surface area contributed by atoms with Gasteiger partial charge in [0.15, 0.2) is 5.78 Å². The molecule has 0 spiro atoms. The van der Waals surface area contributed by atoms with Crippen LogP contribution in [0.15, 0.2) is 24.4 Å². The van der Waals surface area contributed by atoms with Crippen LogP contribution in [0, 0.1) is 6.92 Å². The molecule has 0 unspecified atom stereocenters. The van der Waals surface area contributed by atoms with Crippen molar-refractivity contribution < 1.29 is 4.79 Å². The number of Topliss-reactive ketones (excluding diaryl/α,β-unsaturated/α-hetero) is 1. The van der Waals surface area contributed by atoms with Crippen LogP contribution in [0.4, 0.5) is 0 Å². The lowest BCUT2D eigenvalue weighted by Crippen LogP contribution is -2.29. The summed E-state index contributed by atoms with van der Waals surface area (Å²) in [6.07, 6.45) is 1.80. The number of benzene rings is 1. The molecular formula is C14H18N2O. The number of ketones is 1. The highest BCUT2D eigenvalue weighted by Crippen LogP contribution is 2.19. The fourth-order valence-electron chi connectivity index (χ4n) is 1.86. The molecule has 1 aromatic heterocycles. The first-order chi connectivity index (χ1) is 8.08. The molecule has 17 heavy (non-hydrogen) atoms. The number of H-pyrrole nitrogens is 1. The number of nitrogens with one attached hydrogen (secondary N) is 2. The number of aromatic amines is 1. The van der Waals surface area contributed by atoms with E-state index >= 15 is 0 Å². The second-order valence-corrected chi connectivity index (χ2v) is 4.71. The van der Waals surface area contributed by atoms with E-state index in [0.29, 0.717) is 12.6 Å². The predicted octanol–water partition coefficient (Wildman–Crippen LogP) is 2.66. The van der Waals surface area contributed by atoms with E-state index in [1.807, 2.05) is 32.9 Å². The van der Waals surface area contributed by atoms with Crippen molar-refractivity contribution in [3.63, 3.8) is 0 Å². The summed E-state index contributed by atoms with van der Waals surface area (Å²) >= 11 is 0. The smallest absolute Gasteiger partial charge is 0.178 e. The zero-order valence-electron chi connectivity index (χ0n) is 10.5. The SMILES string of the molecule is Cc1ccc2c(C(=O)CNC(C)C)c[nH]c2c1. The summed E-state index contributed by atoms with van der Waals surface area (Å²) in [7, 11) is 0. The van der Waals surface area contributed by atoms with Crippen molar-refractivity contribution in [1.29, 1.82) is 0 Å². The van der Waals surface area contributed by atoms with Gasteiger partial charge in [0, 0.05) is 28.7 Å². The third kappa shape index (κ3) is 2.56. The molecule has 0 aliphatic rings. The second kappa shape index (κ2) is 4.72. The molecule has 0 fully saturated rings. The molecule has 3 nitrogen and oxygen atoms in total. The molecule has 1 aromatic carbocycles. The lowest BCUT2D eigenvalue weighted by atomic mass is 10.1. The fourth-order valence-corrected chi connectivity index (χ4v) is 1.86. The molecule has 0 saturated heterocycles. The Morgan fingerprint density at radius 1 is 1.41 bits per heavy atom. The molecule has 3 heteroatoms. The summed E-state index contributed by atoms with van der Waals surface area (Å²) in [6.45, 7) is 6.50. The standard InChI is InChI=1S/C14H18N2O/c1-9(2)15-8-14(17)12-7-16-13-6-10(3)4-5-11(12)13/h4-7,9,15-16H,8H2,1-3H3.